The summed E-state index contributed by atoms with van der Waals surface area (Å²) >= 11 is 0. The number of fused-ring (bicyclic) bond motifs is 2. The molecule has 8 rings (SSSR count). The van der Waals surface area contributed by atoms with Gasteiger partial charge in [-0.2, -0.15) is 0 Å². The van der Waals surface area contributed by atoms with Crippen molar-refractivity contribution in [3.05, 3.63) is 108 Å². The Balaban J connectivity index is 0.000000191. The Labute approximate surface area is 372 Å². The molecular weight excluding hydrogens is 815 g/mol. The van der Waals surface area contributed by atoms with Crippen molar-refractivity contribution in [3.63, 3.8) is 0 Å². The van der Waals surface area contributed by atoms with E-state index in [2.05, 4.69) is 9.80 Å². The number of hydrogen-bond donors (Lipinski definition) is 2. The molecule has 14 heteroatoms. The maximum Gasteiger partial charge on any atom is 0.246 e. The molecule has 0 aliphatic carbocycles. The van der Waals surface area contributed by atoms with E-state index in [1.165, 1.54) is 39.8 Å². The maximum absolute atomic E-state index is 13.8. The zero-order chi connectivity index (χ0) is 45.8. The number of aromatic nitrogens is 4. The van der Waals surface area contributed by atoms with Gasteiger partial charge in [0.15, 0.2) is 11.6 Å². The second-order valence-electron chi connectivity index (χ2n) is 17.6. The molecule has 0 atom stereocenters. The summed E-state index contributed by atoms with van der Waals surface area (Å²) in [4.78, 5) is 51.8. The van der Waals surface area contributed by atoms with Crippen molar-refractivity contribution in [2.24, 2.45) is 0 Å². The van der Waals surface area contributed by atoms with E-state index in [1.54, 1.807) is 46.2 Å². The van der Waals surface area contributed by atoms with E-state index < -0.39 is 11.3 Å². The topological polar surface area (TPSA) is 139 Å². The SMILES string of the molecule is Cc1ccc2c(N3CCN(C(=O)/C=C/C(C)(C)F)CC3)nc(-c3ccccc3O)nc2c1.Cc1ccc2c(N3CCN(C(=O)CCC(C)(C)F)CC3)nc(-c3ccccc3O)nc2c1. The third kappa shape index (κ3) is 11.1. The molecule has 0 radical (unpaired) electrons. The summed E-state index contributed by atoms with van der Waals surface area (Å²) in [6.07, 6.45) is 3.05. The lowest BCUT2D eigenvalue weighted by Gasteiger charge is -2.36. The number of para-hydroxylation sites is 2. The van der Waals surface area contributed by atoms with Crippen LogP contribution in [-0.4, -0.2) is 115 Å². The predicted molar refractivity (Wildman–Crippen MR) is 249 cm³/mol. The van der Waals surface area contributed by atoms with Crippen molar-refractivity contribution in [1.82, 2.24) is 29.7 Å². The Morgan fingerprint density at radius 1 is 0.625 bits per heavy atom. The van der Waals surface area contributed by atoms with Crippen molar-refractivity contribution >= 4 is 45.3 Å². The first-order valence-corrected chi connectivity index (χ1v) is 21.7. The van der Waals surface area contributed by atoms with Gasteiger partial charge >= 0.3 is 0 Å². The minimum Gasteiger partial charge on any atom is -0.507 e. The van der Waals surface area contributed by atoms with E-state index >= 15 is 0 Å². The quantitative estimate of drug-likeness (QED) is 0.136. The maximum atomic E-state index is 13.8. The number of halogens is 2. The number of carbonyl (C=O) groups excluding carboxylic acids is 2. The standard InChI is InChI=1S/C25H29FN4O2.C25H27FN4O2/c2*1-17-8-9-18-20(16-17)27-23(19-6-4-5-7-21(19)31)28-24(18)30-14-12-29(13-15-30)22(32)10-11-25(2,3)26/h4-9,16,31H,10-15H2,1-3H3;4-11,16,31H,12-15H2,1-3H3/b;11-10+. The summed E-state index contributed by atoms with van der Waals surface area (Å²) in [5, 5.41) is 22.5. The smallest absolute Gasteiger partial charge is 0.246 e. The molecule has 12 nitrogen and oxygen atoms in total. The van der Waals surface area contributed by atoms with Crippen molar-refractivity contribution in [1.29, 1.82) is 0 Å². The normalized spacial score (nSPS) is 14.9. The van der Waals surface area contributed by atoms with E-state index in [0.717, 1.165) is 44.6 Å². The van der Waals surface area contributed by atoms with Gasteiger partial charge in [-0.3, -0.25) is 9.59 Å². The minimum atomic E-state index is -1.52. The molecule has 2 aliphatic rings. The Bertz CT molecular complexity index is 2680. The molecule has 334 valence electrons. The molecule has 4 heterocycles. The Hall–Kier alpha value is -6.70. The zero-order valence-electron chi connectivity index (χ0n) is 37.4. The van der Waals surface area contributed by atoms with Gasteiger partial charge in [0.2, 0.25) is 11.8 Å². The highest BCUT2D eigenvalue weighted by Gasteiger charge is 2.27. The van der Waals surface area contributed by atoms with Crippen LogP contribution in [0.25, 0.3) is 44.6 Å². The van der Waals surface area contributed by atoms with E-state index in [-0.39, 0.29) is 36.2 Å². The molecule has 2 saturated heterocycles. The van der Waals surface area contributed by atoms with Gasteiger partial charge in [0.25, 0.3) is 0 Å². The summed E-state index contributed by atoms with van der Waals surface area (Å²) < 4.78 is 27.5. The highest BCUT2D eigenvalue weighted by Crippen LogP contribution is 2.34. The number of carbonyl (C=O) groups is 2. The average molecular weight is 871 g/mol. The van der Waals surface area contributed by atoms with Crippen molar-refractivity contribution in [2.45, 2.75) is 65.7 Å². The Morgan fingerprint density at radius 2 is 1.06 bits per heavy atom. The second kappa shape index (κ2) is 19.0. The average Bonchev–Trinajstić information content (AvgIpc) is 3.26. The van der Waals surface area contributed by atoms with E-state index in [9.17, 15) is 28.6 Å². The van der Waals surface area contributed by atoms with E-state index in [4.69, 9.17) is 19.9 Å². The number of benzene rings is 4. The minimum absolute atomic E-state index is 0.00607. The number of hydrogen-bond acceptors (Lipinski definition) is 10. The van der Waals surface area contributed by atoms with Gasteiger partial charge in [0, 0.05) is 75.6 Å². The molecule has 2 aromatic heterocycles. The van der Waals surface area contributed by atoms with Crippen LogP contribution in [0.2, 0.25) is 0 Å². The number of piperazine rings is 2. The first-order valence-electron chi connectivity index (χ1n) is 21.7. The molecule has 2 amide bonds. The van der Waals surface area contributed by atoms with Crippen molar-refractivity contribution in [2.75, 3.05) is 62.2 Å². The van der Waals surface area contributed by atoms with Crippen LogP contribution in [0.1, 0.15) is 51.7 Å². The second-order valence-corrected chi connectivity index (χ2v) is 17.6. The lowest BCUT2D eigenvalue weighted by Crippen LogP contribution is -2.49. The van der Waals surface area contributed by atoms with Gasteiger partial charge in [-0.05, 0) is 114 Å². The summed E-state index contributed by atoms with van der Waals surface area (Å²) in [6.45, 7) is 14.5. The fourth-order valence-corrected chi connectivity index (χ4v) is 7.74. The van der Waals surface area contributed by atoms with Crippen LogP contribution < -0.4 is 9.80 Å². The van der Waals surface area contributed by atoms with Crippen LogP contribution in [0.3, 0.4) is 0 Å². The fraction of sp³-hybridized carbons (Fsp3) is 0.360. The van der Waals surface area contributed by atoms with Crippen LogP contribution >= 0.6 is 0 Å². The molecule has 64 heavy (non-hydrogen) atoms. The highest BCUT2D eigenvalue weighted by molar-refractivity contribution is 5.93. The third-order valence-corrected chi connectivity index (χ3v) is 11.3. The number of aryl methyl sites for hydroxylation is 2. The van der Waals surface area contributed by atoms with E-state index in [0.29, 0.717) is 75.1 Å². The Morgan fingerprint density at radius 3 is 1.48 bits per heavy atom. The molecular formula is C50H56F2N8O4. The Kier molecular flexibility index (Phi) is 13.4. The highest BCUT2D eigenvalue weighted by atomic mass is 19.1. The number of amides is 2. The van der Waals surface area contributed by atoms with Gasteiger partial charge in [-0.25, -0.2) is 28.7 Å². The molecule has 0 saturated carbocycles. The van der Waals surface area contributed by atoms with Crippen LogP contribution in [0.15, 0.2) is 97.1 Å². The zero-order valence-corrected chi connectivity index (χ0v) is 37.4. The van der Waals surface area contributed by atoms with Gasteiger partial charge in [-0.1, -0.05) is 36.4 Å². The predicted octanol–water partition coefficient (Wildman–Crippen LogP) is 8.75. The van der Waals surface area contributed by atoms with Crippen LogP contribution in [0, 0.1) is 13.8 Å². The molecule has 0 spiro atoms. The number of allylic oxidation sites excluding steroid dienone is 1. The van der Waals surface area contributed by atoms with Crippen LogP contribution in [0.4, 0.5) is 20.4 Å². The summed E-state index contributed by atoms with van der Waals surface area (Å²) in [5.74, 6) is 2.58. The number of nitrogens with zero attached hydrogens (tertiary/aromatic N) is 8. The van der Waals surface area contributed by atoms with Gasteiger partial charge in [0.1, 0.15) is 34.5 Å². The third-order valence-electron chi connectivity index (χ3n) is 11.3. The molecule has 2 aliphatic heterocycles. The van der Waals surface area contributed by atoms with Crippen molar-refractivity contribution < 1.29 is 28.6 Å². The number of alkyl halides is 2. The first kappa shape index (κ1) is 45.3. The lowest BCUT2D eigenvalue weighted by molar-refractivity contribution is -0.132. The lowest BCUT2D eigenvalue weighted by atomic mass is 10.0. The number of anilines is 2. The molecule has 2 N–H and O–H groups in total. The number of rotatable bonds is 9. The summed E-state index contributed by atoms with van der Waals surface area (Å²) in [6, 6.07) is 26.2. The first-order chi connectivity index (χ1) is 30.4. The van der Waals surface area contributed by atoms with Crippen molar-refractivity contribution in [3.8, 4) is 34.3 Å². The van der Waals surface area contributed by atoms with Gasteiger partial charge in [0.05, 0.1) is 22.2 Å². The monoisotopic (exact) mass is 870 g/mol. The summed E-state index contributed by atoms with van der Waals surface area (Å²) in [5.41, 5.74) is 2.10. The molecule has 2 fully saturated rings. The molecule has 6 aromatic rings. The fourth-order valence-electron chi connectivity index (χ4n) is 7.74. The van der Waals surface area contributed by atoms with Crippen LogP contribution in [-0.2, 0) is 9.59 Å². The molecule has 4 aromatic carbocycles. The van der Waals surface area contributed by atoms with E-state index in [1.807, 2.05) is 62.4 Å². The summed E-state index contributed by atoms with van der Waals surface area (Å²) in [7, 11) is 0. The molecule has 0 bridgehead atoms. The molecule has 0 unspecified atom stereocenters. The largest absolute Gasteiger partial charge is 0.507 e. The number of aromatic hydroxyl groups is 2. The van der Waals surface area contributed by atoms with Gasteiger partial charge < -0.3 is 29.8 Å². The number of phenols is 2. The van der Waals surface area contributed by atoms with Crippen LogP contribution in [0.5, 0.6) is 11.5 Å². The number of phenolic OH excluding ortho intramolecular Hbond substituents is 2. The van der Waals surface area contributed by atoms with Gasteiger partial charge in [-0.15, -0.1) is 0 Å².